The van der Waals surface area contributed by atoms with Gasteiger partial charge in [0.15, 0.2) is 6.61 Å². The largest absolute Gasteiger partial charge is 0.483 e. The molecular weight excluding hydrogens is 360 g/mol. The molecule has 2 N–H and O–H groups in total. The Balaban J connectivity index is 1.75. The van der Waals surface area contributed by atoms with Crippen LogP contribution in [-0.2, 0) is 4.79 Å². The van der Waals surface area contributed by atoms with Gasteiger partial charge in [-0.1, -0.05) is 67.8 Å². The predicted octanol–water partition coefficient (Wildman–Crippen LogP) is 3.47. The quantitative estimate of drug-likeness (QED) is 0.613. The second-order valence-electron chi connectivity index (χ2n) is 6.74. The van der Waals surface area contributed by atoms with Crippen LogP contribution in [0.1, 0.15) is 24.1 Å². The molecule has 1 unspecified atom stereocenters. The van der Waals surface area contributed by atoms with Gasteiger partial charge in [0.05, 0.1) is 6.04 Å². The minimum absolute atomic E-state index is 0.0944. The highest BCUT2D eigenvalue weighted by atomic mass is 16.5. The topological polar surface area (TPSA) is 62.2 Å². The normalized spacial score (nSPS) is 12.4. The summed E-state index contributed by atoms with van der Waals surface area (Å²) in [5, 5.41) is 14.2. The molecule has 0 aliphatic carbocycles. The molecule has 3 aromatic rings. The third-order valence-corrected chi connectivity index (χ3v) is 4.79. The fourth-order valence-corrected chi connectivity index (χ4v) is 3.38. The highest BCUT2D eigenvalue weighted by molar-refractivity contribution is 6.01. The average Bonchev–Trinajstić information content (AvgIpc) is 2.73. The van der Waals surface area contributed by atoms with Gasteiger partial charge in [-0.3, -0.25) is 4.79 Å². The van der Waals surface area contributed by atoms with Crippen molar-refractivity contribution in [3.63, 3.8) is 0 Å². The zero-order chi connectivity index (χ0) is 20.8. The number of hydrogen-bond acceptors (Lipinski definition) is 3. The van der Waals surface area contributed by atoms with E-state index < -0.39 is 0 Å². The fourth-order valence-electron chi connectivity index (χ4n) is 3.38. The van der Waals surface area contributed by atoms with Crippen LogP contribution in [0.15, 0.2) is 67.3 Å². The van der Waals surface area contributed by atoms with E-state index in [0.29, 0.717) is 5.75 Å². The van der Waals surface area contributed by atoms with Crippen molar-refractivity contribution in [2.45, 2.75) is 13.0 Å². The summed E-state index contributed by atoms with van der Waals surface area (Å²) in [5.41, 5.74) is 1.79. The zero-order valence-corrected chi connectivity index (χ0v) is 16.4. The molecule has 0 aliphatic rings. The summed E-state index contributed by atoms with van der Waals surface area (Å²) >= 11 is 0. The lowest BCUT2D eigenvalue weighted by atomic mass is 10.0. The molecule has 146 valence electrons. The molecule has 1 amide bonds. The Hall–Kier alpha value is -3.66. The van der Waals surface area contributed by atoms with E-state index >= 15 is 0 Å². The number of amides is 1. The van der Waals surface area contributed by atoms with Crippen molar-refractivity contribution >= 4 is 35.5 Å². The maximum Gasteiger partial charge on any atom is 0.258 e. The molecule has 0 saturated carbocycles. The lowest BCUT2D eigenvalue weighted by Crippen LogP contribution is -2.36. The maximum absolute atomic E-state index is 12.5. The molecule has 0 spiro atoms. The van der Waals surface area contributed by atoms with E-state index in [2.05, 4.69) is 18.5 Å². The first kappa shape index (κ1) is 20.1. The van der Waals surface area contributed by atoms with Gasteiger partial charge >= 0.3 is 0 Å². The second-order valence-corrected chi connectivity index (χ2v) is 6.74. The van der Waals surface area contributed by atoms with Crippen LogP contribution >= 0.6 is 0 Å². The van der Waals surface area contributed by atoms with E-state index in [4.69, 9.17) is 10.1 Å². The summed E-state index contributed by atoms with van der Waals surface area (Å²) in [7, 11) is 0. The number of carbonyl (C=O) groups is 1. The van der Waals surface area contributed by atoms with Gasteiger partial charge in [0.1, 0.15) is 5.75 Å². The van der Waals surface area contributed by atoms with Gasteiger partial charge in [-0.25, -0.2) is 0 Å². The van der Waals surface area contributed by atoms with E-state index in [1.54, 1.807) is 12.1 Å². The molecule has 3 rings (SSSR count). The van der Waals surface area contributed by atoms with Gasteiger partial charge in [0.2, 0.25) is 0 Å². The molecule has 1 atom stereocenters. The molecule has 4 heteroatoms. The van der Waals surface area contributed by atoms with Crippen molar-refractivity contribution in [1.82, 2.24) is 5.32 Å². The molecule has 0 aromatic heterocycles. The molecule has 0 radical (unpaired) electrons. The Morgan fingerprint density at radius 3 is 2.62 bits per heavy atom. The van der Waals surface area contributed by atoms with Crippen molar-refractivity contribution < 1.29 is 9.53 Å². The van der Waals surface area contributed by atoms with Crippen molar-refractivity contribution in [1.29, 1.82) is 5.41 Å². The van der Waals surface area contributed by atoms with Crippen LogP contribution in [0.2, 0.25) is 0 Å². The average molecular weight is 384 g/mol. The zero-order valence-electron chi connectivity index (χ0n) is 16.4. The molecule has 3 aromatic carbocycles. The highest BCUT2D eigenvalue weighted by Crippen LogP contribution is 2.27. The van der Waals surface area contributed by atoms with Crippen molar-refractivity contribution in [2.75, 3.05) is 6.61 Å². The number of allylic oxidation sites excluding steroid dienone is 1. The molecule has 0 bridgehead atoms. The third-order valence-electron chi connectivity index (χ3n) is 4.79. The SMILES string of the molecule is C=C/C=c1/c(C(C)NC(=O)COc2ccc(C=N)c3ccccc23)cccc1=C. The number of benzene rings is 3. The van der Waals surface area contributed by atoms with Crippen molar-refractivity contribution in [3.05, 3.63) is 88.8 Å². The minimum Gasteiger partial charge on any atom is -0.483 e. The lowest BCUT2D eigenvalue weighted by molar-refractivity contribution is -0.123. The minimum atomic E-state index is -0.211. The fraction of sp³-hybridized carbons (Fsp3) is 0.120. The van der Waals surface area contributed by atoms with Crippen LogP contribution < -0.4 is 20.5 Å². The first-order valence-corrected chi connectivity index (χ1v) is 9.40. The standard InChI is InChI=1S/C25H24N2O2/c1-4-8-20-17(2)9-7-12-21(20)18(3)27-25(28)16-29-24-14-13-19(15-26)22-10-5-6-11-23(22)24/h4-15,18,26H,1-2,16H2,3H3,(H,27,28)/b20-8+,26-15?. The number of rotatable bonds is 7. The second kappa shape index (κ2) is 9.02. The smallest absolute Gasteiger partial charge is 0.258 e. The van der Waals surface area contributed by atoms with Crippen molar-refractivity contribution in [3.8, 4) is 5.75 Å². The Morgan fingerprint density at radius 2 is 1.90 bits per heavy atom. The summed E-state index contributed by atoms with van der Waals surface area (Å²) < 4.78 is 5.80. The van der Waals surface area contributed by atoms with Gasteiger partial charge in [0, 0.05) is 17.2 Å². The van der Waals surface area contributed by atoms with Gasteiger partial charge in [-0.2, -0.15) is 0 Å². The number of hydrogen-bond donors (Lipinski definition) is 2. The molecule has 0 heterocycles. The van der Waals surface area contributed by atoms with Gasteiger partial charge in [-0.15, -0.1) is 0 Å². The van der Waals surface area contributed by atoms with E-state index in [1.807, 2.05) is 61.5 Å². The summed E-state index contributed by atoms with van der Waals surface area (Å²) in [4.78, 5) is 12.5. The maximum atomic E-state index is 12.5. The summed E-state index contributed by atoms with van der Waals surface area (Å²) in [6.45, 7) is 9.64. The Morgan fingerprint density at radius 1 is 1.14 bits per heavy atom. The first-order chi connectivity index (χ1) is 14.0. The Bertz CT molecular complexity index is 1180. The van der Waals surface area contributed by atoms with Crippen LogP contribution in [0, 0.1) is 5.41 Å². The first-order valence-electron chi connectivity index (χ1n) is 9.40. The van der Waals surface area contributed by atoms with Crippen molar-refractivity contribution in [2.24, 2.45) is 0 Å². The third kappa shape index (κ3) is 4.43. The molecule has 0 fully saturated rings. The van der Waals surface area contributed by atoms with Crippen LogP contribution in [0.3, 0.4) is 0 Å². The molecule has 0 saturated heterocycles. The molecular formula is C25H24N2O2. The lowest BCUT2D eigenvalue weighted by Gasteiger charge is -2.16. The summed E-state index contributed by atoms with van der Waals surface area (Å²) in [5.74, 6) is 0.408. The van der Waals surface area contributed by atoms with E-state index in [9.17, 15) is 4.79 Å². The summed E-state index contributed by atoms with van der Waals surface area (Å²) in [6, 6.07) is 16.9. The number of ether oxygens (including phenoxy) is 1. The molecule has 4 nitrogen and oxygen atoms in total. The Kier molecular flexibility index (Phi) is 6.25. The van der Waals surface area contributed by atoms with E-state index in [1.165, 1.54) is 6.21 Å². The number of nitrogens with one attached hydrogen (secondary N) is 2. The monoisotopic (exact) mass is 384 g/mol. The van der Waals surface area contributed by atoms with Crippen LogP contribution in [0.5, 0.6) is 5.75 Å². The summed E-state index contributed by atoms with van der Waals surface area (Å²) in [6.07, 6.45) is 4.93. The van der Waals surface area contributed by atoms with Crippen LogP contribution in [0.4, 0.5) is 0 Å². The van der Waals surface area contributed by atoms with Gasteiger partial charge < -0.3 is 15.5 Å². The Labute approximate surface area is 170 Å². The highest BCUT2D eigenvalue weighted by Gasteiger charge is 2.13. The molecule has 0 aliphatic heterocycles. The predicted molar refractivity (Wildman–Crippen MR) is 120 cm³/mol. The number of fused-ring (bicyclic) bond motifs is 1. The van der Waals surface area contributed by atoms with Gasteiger partial charge in [-0.05, 0) is 40.4 Å². The van der Waals surface area contributed by atoms with Gasteiger partial charge in [0.25, 0.3) is 5.91 Å². The van der Waals surface area contributed by atoms with Crippen LogP contribution in [-0.4, -0.2) is 18.7 Å². The van der Waals surface area contributed by atoms with Crippen LogP contribution in [0.25, 0.3) is 23.4 Å². The molecule has 29 heavy (non-hydrogen) atoms. The van der Waals surface area contributed by atoms with E-state index in [0.717, 1.165) is 32.3 Å². The number of carbonyl (C=O) groups excluding carboxylic acids is 1. The van der Waals surface area contributed by atoms with E-state index in [-0.39, 0.29) is 18.6 Å².